The first kappa shape index (κ1) is 12.5. The molecular weight excluding hydrogens is 204 g/mol. The largest absolute Gasteiger partial charge is 0.497 e. The number of hydrogen-bond acceptors (Lipinski definition) is 3. The number of benzene rings is 1. The Kier molecular flexibility index (Phi) is 4.79. The molecule has 4 nitrogen and oxygen atoms in total. The molecule has 0 aliphatic carbocycles. The van der Waals surface area contributed by atoms with Gasteiger partial charge in [0.15, 0.2) is 0 Å². The highest BCUT2D eigenvalue weighted by molar-refractivity contribution is 5.91. The molecule has 16 heavy (non-hydrogen) atoms. The van der Waals surface area contributed by atoms with Crippen LogP contribution in [0.5, 0.6) is 5.75 Å². The van der Waals surface area contributed by atoms with E-state index in [-0.39, 0.29) is 11.9 Å². The van der Waals surface area contributed by atoms with E-state index < -0.39 is 0 Å². The molecule has 0 aliphatic rings. The van der Waals surface area contributed by atoms with Crippen molar-refractivity contribution >= 4 is 11.6 Å². The van der Waals surface area contributed by atoms with Crippen molar-refractivity contribution in [2.45, 2.75) is 25.8 Å². The van der Waals surface area contributed by atoms with Gasteiger partial charge in [0.05, 0.1) is 7.11 Å². The summed E-state index contributed by atoms with van der Waals surface area (Å²) in [6.45, 7) is 1.96. The second-order valence-electron chi connectivity index (χ2n) is 3.65. The van der Waals surface area contributed by atoms with E-state index in [1.165, 1.54) is 0 Å². The summed E-state index contributed by atoms with van der Waals surface area (Å²) >= 11 is 0. The maximum Gasteiger partial charge on any atom is 0.225 e. The van der Waals surface area contributed by atoms with E-state index in [0.717, 1.165) is 17.9 Å². The molecule has 0 saturated carbocycles. The number of hydrogen-bond donors (Lipinski definition) is 2. The summed E-state index contributed by atoms with van der Waals surface area (Å²) in [5.74, 6) is 0.653. The summed E-state index contributed by atoms with van der Waals surface area (Å²) in [5, 5.41) is 2.78. The molecule has 0 spiro atoms. The minimum atomic E-state index is -0.0781. The normalized spacial score (nSPS) is 11.9. The lowest BCUT2D eigenvalue weighted by molar-refractivity contribution is -0.116. The molecule has 1 unspecified atom stereocenters. The summed E-state index contributed by atoms with van der Waals surface area (Å²) in [7, 11) is 1.59. The number of rotatable bonds is 5. The van der Waals surface area contributed by atoms with Crippen LogP contribution in [0.1, 0.15) is 19.8 Å². The summed E-state index contributed by atoms with van der Waals surface area (Å²) in [6, 6.07) is 7.17. The van der Waals surface area contributed by atoms with Crippen LogP contribution in [0.15, 0.2) is 24.3 Å². The highest BCUT2D eigenvalue weighted by Gasteiger charge is 2.07. The fourth-order valence-electron chi connectivity index (χ4n) is 1.30. The first-order valence-electron chi connectivity index (χ1n) is 5.35. The predicted octanol–water partition coefficient (Wildman–Crippen LogP) is 1.76. The Hall–Kier alpha value is -1.55. The number of ether oxygens (including phenoxy) is 1. The van der Waals surface area contributed by atoms with Crippen LogP contribution in [0.2, 0.25) is 0 Å². The van der Waals surface area contributed by atoms with Crippen molar-refractivity contribution in [2.24, 2.45) is 5.73 Å². The third-order valence-electron chi connectivity index (χ3n) is 2.33. The fraction of sp³-hybridized carbons (Fsp3) is 0.417. The summed E-state index contributed by atoms with van der Waals surface area (Å²) in [5.41, 5.74) is 6.43. The molecule has 1 atom stereocenters. The zero-order chi connectivity index (χ0) is 12.0. The molecule has 0 fully saturated rings. The molecule has 0 radical (unpaired) electrons. The van der Waals surface area contributed by atoms with E-state index in [9.17, 15) is 4.79 Å². The van der Waals surface area contributed by atoms with Gasteiger partial charge in [-0.2, -0.15) is 0 Å². The highest BCUT2D eigenvalue weighted by Crippen LogP contribution is 2.16. The molecule has 0 aromatic heterocycles. The molecule has 0 bridgehead atoms. The van der Waals surface area contributed by atoms with Crippen LogP contribution in [0.3, 0.4) is 0 Å². The maximum absolute atomic E-state index is 11.5. The molecule has 1 rings (SSSR count). The number of nitrogens with two attached hydrogens (primary N) is 1. The third-order valence-corrected chi connectivity index (χ3v) is 2.33. The SMILES string of the molecule is CCC(N)CC(=O)Nc1cccc(OC)c1. The molecule has 1 amide bonds. The van der Waals surface area contributed by atoms with Crippen LogP contribution in [-0.2, 0) is 4.79 Å². The molecule has 4 heteroatoms. The van der Waals surface area contributed by atoms with E-state index in [1.54, 1.807) is 13.2 Å². The van der Waals surface area contributed by atoms with E-state index in [0.29, 0.717) is 6.42 Å². The standard InChI is InChI=1S/C12H18N2O2/c1-3-9(13)7-12(15)14-10-5-4-6-11(8-10)16-2/h4-6,8-9H,3,7,13H2,1-2H3,(H,14,15). The summed E-state index contributed by atoms with van der Waals surface area (Å²) < 4.78 is 5.06. The first-order valence-corrected chi connectivity index (χ1v) is 5.35. The molecule has 0 heterocycles. The maximum atomic E-state index is 11.5. The summed E-state index contributed by atoms with van der Waals surface area (Å²) in [4.78, 5) is 11.5. The van der Waals surface area contributed by atoms with Crippen molar-refractivity contribution in [1.82, 2.24) is 0 Å². The Morgan fingerprint density at radius 3 is 2.94 bits per heavy atom. The van der Waals surface area contributed by atoms with Crippen LogP contribution in [-0.4, -0.2) is 19.1 Å². The van der Waals surface area contributed by atoms with Gasteiger partial charge in [-0.3, -0.25) is 4.79 Å². The molecule has 88 valence electrons. The van der Waals surface area contributed by atoms with Gasteiger partial charge >= 0.3 is 0 Å². The number of nitrogens with one attached hydrogen (secondary N) is 1. The number of carbonyl (C=O) groups is 1. The number of methoxy groups -OCH3 is 1. The van der Waals surface area contributed by atoms with Gasteiger partial charge in [-0.25, -0.2) is 0 Å². The second-order valence-corrected chi connectivity index (χ2v) is 3.65. The molecular formula is C12H18N2O2. The average Bonchev–Trinajstić information content (AvgIpc) is 2.28. The predicted molar refractivity (Wildman–Crippen MR) is 64.5 cm³/mol. The van der Waals surface area contributed by atoms with E-state index in [2.05, 4.69) is 5.32 Å². The van der Waals surface area contributed by atoms with Gasteiger partial charge in [0, 0.05) is 24.2 Å². The Labute approximate surface area is 95.8 Å². The molecule has 3 N–H and O–H groups in total. The quantitative estimate of drug-likeness (QED) is 0.798. The summed E-state index contributed by atoms with van der Waals surface area (Å²) in [6.07, 6.45) is 1.14. The molecule has 0 saturated heterocycles. The van der Waals surface area contributed by atoms with Gasteiger partial charge in [0.2, 0.25) is 5.91 Å². The lowest BCUT2D eigenvalue weighted by atomic mass is 10.1. The van der Waals surface area contributed by atoms with Gasteiger partial charge in [-0.05, 0) is 18.6 Å². The minimum Gasteiger partial charge on any atom is -0.497 e. The number of anilines is 1. The van der Waals surface area contributed by atoms with Crippen molar-refractivity contribution in [3.05, 3.63) is 24.3 Å². The number of carbonyl (C=O) groups excluding carboxylic acids is 1. The zero-order valence-corrected chi connectivity index (χ0v) is 9.69. The first-order chi connectivity index (χ1) is 7.65. The topological polar surface area (TPSA) is 64.4 Å². The van der Waals surface area contributed by atoms with Crippen LogP contribution < -0.4 is 15.8 Å². The lowest BCUT2D eigenvalue weighted by Gasteiger charge is -2.10. The van der Waals surface area contributed by atoms with Crippen LogP contribution in [0.4, 0.5) is 5.69 Å². The monoisotopic (exact) mass is 222 g/mol. The highest BCUT2D eigenvalue weighted by atomic mass is 16.5. The van der Waals surface area contributed by atoms with Crippen LogP contribution in [0, 0.1) is 0 Å². The van der Waals surface area contributed by atoms with E-state index in [4.69, 9.17) is 10.5 Å². The van der Waals surface area contributed by atoms with Crippen molar-refractivity contribution in [3.8, 4) is 5.75 Å². The van der Waals surface area contributed by atoms with Crippen molar-refractivity contribution < 1.29 is 9.53 Å². The molecule has 1 aromatic carbocycles. The zero-order valence-electron chi connectivity index (χ0n) is 9.69. The lowest BCUT2D eigenvalue weighted by Crippen LogP contribution is -2.26. The average molecular weight is 222 g/mol. The van der Waals surface area contributed by atoms with Crippen molar-refractivity contribution in [1.29, 1.82) is 0 Å². The minimum absolute atomic E-state index is 0.0670. The Bertz CT molecular complexity index is 353. The Morgan fingerprint density at radius 1 is 1.56 bits per heavy atom. The van der Waals surface area contributed by atoms with E-state index in [1.807, 2.05) is 25.1 Å². The van der Waals surface area contributed by atoms with E-state index >= 15 is 0 Å². The van der Waals surface area contributed by atoms with Gasteiger partial charge < -0.3 is 15.8 Å². The Morgan fingerprint density at radius 2 is 2.31 bits per heavy atom. The fourth-order valence-corrected chi connectivity index (χ4v) is 1.30. The van der Waals surface area contributed by atoms with Gasteiger partial charge in [-0.1, -0.05) is 13.0 Å². The van der Waals surface area contributed by atoms with Crippen molar-refractivity contribution in [3.63, 3.8) is 0 Å². The second kappa shape index (κ2) is 6.12. The Balaban J connectivity index is 2.55. The van der Waals surface area contributed by atoms with Crippen molar-refractivity contribution in [2.75, 3.05) is 12.4 Å². The smallest absolute Gasteiger partial charge is 0.225 e. The number of amides is 1. The van der Waals surface area contributed by atoms with Crippen LogP contribution >= 0.6 is 0 Å². The van der Waals surface area contributed by atoms with Gasteiger partial charge in [-0.15, -0.1) is 0 Å². The molecule has 1 aromatic rings. The molecule has 0 aliphatic heterocycles. The van der Waals surface area contributed by atoms with Gasteiger partial charge in [0.25, 0.3) is 0 Å². The van der Waals surface area contributed by atoms with Gasteiger partial charge in [0.1, 0.15) is 5.75 Å². The van der Waals surface area contributed by atoms with Crippen LogP contribution in [0.25, 0.3) is 0 Å². The third kappa shape index (κ3) is 3.90.